The van der Waals surface area contributed by atoms with Crippen LogP contribution in [0.4, 0.5) is 15.9 Å². The first-order chi connectivity index (χ1) is 12.6. The Morgan fingerprint density at radius 1 is 1.12 bits per heavy atom. The van der Waals surface area contributed by atoms with E-state index in [1.165, 1.54) is 18.3 Å². The summed E-state index contributed by atoms with van der Waals surface area (Å²) in [5.41, 5.74) is 2.11. The van der Waals surface area contributed by atoms with Crippen molar-refractivity contribution in [2.24, 2.45) is 0 Å². The van der Waals surface area contributed by atoms with Gasteiger partial charge >= 0.3 is 0 Å². The van der Waals surface area contributed by atoms with E-state index in [2.05, 4.69) is 15.6 Å². The Kier molecular flexibility index (Phi) is 5.43. The summed E-state index contributed by atoms with van der Waals surface area (Å²) in [7, 11) is 1.61. The lowest BCUT2D eigenvalue weighted by Crippen LogP contribution is -2.22. The van der Waals surface area contributed by atoms with E-state index in [4.69, 9.17) is 4.74 Å². The van der Waals surface area contributed by atoms with Gasteiger partial charge in [-0.2, -0.15) is 0 Å². The number of benzene rings is 2. The van der Waals surface area contributed by atoms with E-state index in [0.717, 1.165) is 17.0 Å². The maximum atomic E-state index is 12.9. The number of halogens is 1. The molecule has 0 atom stereocenters. The fourth-order valence-corrected chi connectivity index (χ4v) is 2.34. The molecule has 0 saturated carbocycles. The van der Waals surface area contributed by atoms with Crippen LogP contribution in [0.25, 0.3) is 0 Å². The Morgan fingerprint density at radius 3 is 2.62 bits per heavy atom. The van der Waals surface area contributed by atoms with Crippen molar-refractivity contribution in [3.63, 3.8) is 0 Å². The van der Waals surface area contributed by atoms with Crippen LogP contribution in [0.15, 0.2) is 66.9 Å². The molecule has 1 heterocycles. The molecule has 0 spiro atoms. The van der Waals surface area contributed by atoms with Crippen LogP contribution in [0, 0.1) is 5.82 Å². The summed E-state index contributed by atoms with van der Waals surface area (Å²) in [5.74, 6) is 0.818. The molecule has 1 aromatic heterocycles. The molecule has 6 heteroatoms. The maximum Gasteiger partial charge on any atom is 0.253 e. The Labute approximate surface area is 150 Å². The number of pyridine rings is 1. The molecule has 3 aromatic rings. The van der Waals surface area contributed by atoms with Crippen LogP contribution in [0.3, 0.4) is 0 Å². The zero-order valence-electron chi connectivity index (χ0n) is 14.2. The lowest BCUT2D eigenvalue weighted by Gasteiger charge is -2.09. The summed E-state index contributed by atoms with van der Waals surface area (Å²) in [5, 5.41) is 5.93. The molecule has 0 fully saturated rings. The number of hydrogen-bond acceptors (Lipinski definition) is 4. The molecule has 0 aliphatic rings. The minimum Gasteiger partial charge on any atom is -0.497 e. The number of aromatic nitrogens is 1. The number of amides is 1. The molecule has 0 bridgehead atoms. The number of carbonyl (C=O) groups excluding carboxylic acids is 1. The Bertz CT molecular complexity index is 880. The van der Waals surface area contributed by atoms with E-state index in [1.54, 1.807) is 31.4 Å². The predicted octanol–water partition coefficient (Wildman–Crippen LogP) is 3.90. The number of nitrogens with zero attached hydrogens (tertiary/aromatic N) is 1. The van der Waals surface area contributed by atoms with Crippen molar-refractivity contribution < 1.29 is 13.9 Å². The second-order valence-electron chi connectivity index (χ2n) is 5.60. The molecule has 5 nitrogen and oxygen atoms in total. The van der Waals surface area contributed by atoms with Crippen molar-refractivity contribution in [3.05, 3.63) is 83.8 Å². The quantitative estimate of drug-likeness (QED) is 0.707. The summed E-state index contributed by atoms with van der Waals surface area (Å²) in [6, 6.07) is 16.9. The molecule has 0 radical (unpaired) electrons. The van der Waals surface area contributed by atoms with Gasteiger partial charge in [0.25, 0.3) is 5.91 Å². The van der Waals surface area contributed by atoms with Crippen LogP contribution >= 0.6 is 0 Å². The molecule has 1 amide bonds. The van der Waals surface area contributed by atoms with Crippen LogP contribution in [0.1, 0.15) is 15.9 Å². The highest BCUT2D eigenvalue weighted by molar-refractivity contribution is 5.94. The number of hydrogen-bond donors (Lipinski definition) is 2. The average molecular weight is 351 g/mol. The van der Waals surface area contributed by atoms with Gasteiger partial charge in [0.1, 0.15) is 17.4 Å². The van der Waals surface area contributed by atoms with E-state index in [9.17, 15) is 9.18 Å². The Balaban J connectivity index is 1.59. The van der Waals surface area contributed by atoms with Gasteiger partial charge in [-0.05, 0) is 42.0 Å². The summed E-state index contributed by atoms with van der Waals surface area (Å²) in [6.07, 6.45) is 1.50. The van der Waals surface area contributed by atoms with E-state index in [0.29, 0.717) is 17.9 Å². The number of carbonyl (C=O) groups is 1. The molecular weight excluding hydrogens is 333 g/mol. The topological polar surface area (TPSA) is 63.2 Å². The molecule has 0 saturated heterocycles. The summed E-state index contributed by atoms with van der Waals surface area (Å²) in [4.78, 5) is 16.4. The second-order valence-corrected chi connectivity index (χ2v) is 5.60. The van der Waals surface area contributed by atoms with Crippen molar-refractivity contribution in [2.45, 2.75) is 6.54 Å². The fraction of sp³-hybridized carbons (Fsp3) is 0.100. The monoisotopic (exact) mass is 351 g/mol. The maximum absolute atomic E-state index is 12.9. The lowest BCUT2D eigenvalue weighted by molar-refractivity contribution is 0.0950. The first kappa shape index (κ1) is 17.4. The third-order valence-electron chi connectivity index (χ3n) is 3.73. The zero-order chi connectivity index (χ0) is 18.4. The third kappa shape index (κ3) is 4.57. The van der Waals surface area contributed by atoms with Crippen molar-refractivity contribution in [2.75, 3.05) is 12.4 Å². The molecule has 2 aromatic carbocycles. The summed E-state index contributed by atoms with van der Waals surface area (Å²) >= 11 is 0. The largest absolute Gasteiger partial charge is 0.497 e. The molecular formula is C20H18FN3O2. The van der Waals surface area contributed by atoms with E-state index < -0.39 is 0 Å². The van der Waals surface area contributed by atoms with E-state index in [-0.39, 0.29) is 11.7 Å². The fourth-order valence-electron chi connectivity index (χ4n) is 2.34. The van der Waals surface area contributed by atoms with E-state index in [1.807, 2.05) is 24.3 Å². The van der Waals surface area contributed by atoms with Crippen molar-refractivity contribution in [1.29, 1.82) is 0 Å². The van der Waals surface area contributed by atoms with Gasteiger partial charge in [0.15, 0.2) is 0 Å². The van der Waals surface area contributed by atoms with Crippen LogP contribution in [-0.2, 0) is 6.54 Å². The molecule has 26 heavy (non-hydrogen) atoms. The van der Waals surface area contributed by atoms with Crippen LogP contribution in [0.2, 0.25) is 0 Å². The molecule has 2 N–H and O–H groups in total. The smallest absolute Gasteiger partial charge is 0.253 e. The molecule has 0 unspecified atom stereocenters. The minimum absolute atomic E-state index is 0.241. The highest BCUT2D eigenvalue weighted by atomic mass is 19.1. The lowest BCUT2D eigenvalue weighted by atomic mass is 10.2. The van der Waals surface area contributed by atoms with Gasteiger partial charge in [-0.15, -0.1) is 0 Å². The predicted molar refractivity (Wildman–Crippen MR) is 98.1 cm³/mol. The van der Waals surface area contributed by atoms with Crippen molar-refractivity contribution in [1.82, 2.24) is 10.3 Å². The van der Waals surface area contributed by atoms with Crippen molar-refractivity contribution in [3.8, 4) is 5.75 Å². The third-order valence-corrected chi connectivity index (χ3v) is 3.73. The number of methoxy groups -OCH3 is 1. The van der Waals surface area contributed by atoms with Gasteiger partial charge < -0.3 is 15.4 Å². The number of rotatable bonds is 6. The van der Waals surface area contributed by atoms with Crippen LogP contribution < -0.4 is 15.4 Å². The molecule has 0 aliphatic heterocycles. The summed E-state index contributed by atoms with van der Waals surface area (Å²) in [6.45, 7) is 0.322. The van der Waals surface area contributed by atoms with Gasteiger partial charge in [-0.1, -0.05) is 18.2 Å². The van der Waals surface area contributed by atoms with Gasteiger partial charge in [0, 0.05) is 24.5 Å². The van der Waals surface area contributed by atoms with Crippen LogP contribution in [-0.4, -0.2) is 18.0 Å². The van der Waals surface area contributed by atoms with Gasteiger partial charge in [-0.3, -0.25) is 4.79 Å². The second kappa shape index (κ2) is 8.11. The van der Waals surface area contributed by atoms with Gasteiger partial charge in [0.2, 0.25) is 0 Å². The first-order valence-corrected chi connectivity index (χ1v) is 8.04. The highest BCUT2D eigenvalue weighted by Crippen LogP contribution is 2.20. The van der Waals surface area contributed by atoms with Gasteiger partial charge in [-0.25, -0.2) is 9.37 Å². The summed E-state index contributed by atoms with van der Waals surface area (Å²) < 4.78 is 18.1. The Morgan fingerprint density at radius 2 is 1.92 bits per heavy atom. The molecule has 132 valence electrons. The normalized spacial score (nSPS) is 10.2. The van der Waals surface area contributed by atoms with Gasteiger partial charge in [0.05, 0.1) is 12.7 Å². The minimum atomic E-state index is -0.302. The number of anilines is 2. The SMILES string of the molecule is COc1cccc(Nc2ccc(C(=O)NCc3ccc(F)cc3)cn2)c1. The number of nitrogens with one attached hydrogen (secondary N) is 2. The molecule has 0 aliphatic carbocycles. The number of ether oxygens (including phenoxy) is 1. The van der Waals surface area contributed by atoms with E-state index >= 15 is 0 Å². The zero-order valence-corrected chi connectivity index (χ0v) is 14.2. The first-order valence-electron chi connectivity index (χ1n) is 8.04. The molecule has 3 rings (SSSR count). The standard InChI is InChI=1S/C20H18FN3O2/c1-26-18-4-2-3-17(11-18)24-19-10-7-15(13-22-19)20(25)23-12-14-5-8-16(21)9-6-14/h2-11,13H,12H2,1H3,(H,22,24)(H,23,25). The highest BCUT2D eigenvalue weighted by Gasteiger charge is 2.06. The van der Waals surface area contributed by atoms with Crippen LogP contribution in [0.5, 0.6) is 5.75 Å². The Hall–Kier alpha value is -3.41. The van der Waals surface area contributed by atoms with Crippen molar-refractivity contribution >= 4 is 17.4 Å². The average Bonchev–Trinajstić information content (AvgIpc) is 2.68.